The number of unbranched alkanes of at least 4 members (excludes halogenated alkanes) is 29. The smallest absolute Gasteiger partial charge is 0.394 e. The second-order valence-electron chi connectivity index (χ2n) is 20.6. The Kier molecular flexibility index (Phi) is 36.8. The van der Waals surface area contributed by atoms with Crippen molar-refractivity contribution in [3.63, 3.8) is 0 Å². The van der Waals surface area contributed by atoms with Crippen LogP contribution in [0.5, 0.6) is 0 Å². The quantitative estimate of drug-likeness (QED) is 0.0237. The first kappa shape index (κ1) is 66.2. The Morgan fingerprint density at radius 1 is 0.521 bits per heavy atom. The molecule has 0 radical (unpaired) electrons. The van der Waals surface area contributed by atoms with Crippen LogP contribution in [0.15, 0.2) is 0 Å². The predicted molar refractivity (Wildman–Crippen MR) is 271 cm³/mol. The van der Waals surface area contributed by atoms with Gasteiger partial charge in [0.1, 0.15) is 67.1 Å². The Balaban J connectivity index is 1.95. The van der Waals surface area contributed by atoms with Gasteiger partial charge in [-0.15, -0.1) is 0 Å². The zero-order valence-electron chi connectivity index (χ0n) is 43.6. The normalized spacial score (nSPS) is 28.1. The lowest BCUT2D eigenvalue weighted by molar-refractivity contribution is -0.338. The summed E-state index contributed by atoms with van der Waals surface area (Å²) < 4.78 is 34.9. The number of hydrogen-bond acceptors (Lipinski definition) is 16. The second-order valence-corrected chi connectivity index (χ2v) is 22.0. The third-order valence-corrected chi connectivity index (χ3v) is 15.4. The molecule has 1 saturated heterocycles. The topological polar surface area (TPSA) is 306 Å². The molecule has 0 spiro atoms. The SMILES string of the molecule is CCCCCCCCCCCCCCCCCCC(O)C(=O)N[C@@H](COP(=O)(O)O[C@H]1C(O)C(O)C(O)[C@@H](O)C1O[C@H]1O[C@H](CO)[C@@H](O)C(O)C1O)[C@H](O)CCCCCCCCCCCCCCCCC. The molecule has 18 nitrogen and oxygen atoms in total. The minimum atomic E-state index is -5.39. The van der Waals surface area contributed by atoms with Crippen LogP contribution < -0.4 is 5.32 Å². The number of amides is 1. The molecule has 0 aromatic carbocycles. The average Bonchev–Trinajstić information content (AvgIpc) is 3.35. The third kappa shape index (κ3) is 27.1. The van der Waals surface area contributed by atoms with Crippen LogP contribution in [0.25, 0.3) is 0 Å². The van der Waals surface area contributed by atoms with Crippen LogP contribution in [0, 0.1) is 0 Å². The number of phosphoric acid groups is 1. The zero-order chi connectivity index (χ0) is 52.4. The fourth-order valence-corrected chi connectivity index (χ4v) is 10.6. The number of aliphatic hydroxyl groups is 10. The molecule has 0 bridgehead atoms. The predicted octanol–water partition coefficient (Wildman–Crippen LogP) is 6.25. The van der Waals surface area contributed by atoms with Crippen molar-refractivity contribution >= 4 is 13.7 Å². The standard InChI is InChI=1S/C52H102NO17P/c1-3-5-7-9-11-13-15-17-19-21-23-25-27-29-31-33-35-40(56)51(64)53-38(39(55)34-32-30-28-26-24-22-20-18-16-14-12-10-8-6-4-2)37-67-71(65,66)70-50-47(62)45(60)44(59)46(61)49(50)69-52-48(63)43(58)42(57)41(36-54)68-52/h38-50,52,54-63H,3-37H2,1-2H3,(H,53,64)(H,65,66)/t38-,39+,40?,41+,42+,43?,44?,45?,46+,47?,48?,49?,50-,52+/m0/s1. The number of aliphatic hydroxyl groups excluding tert-OH is 10. The summed E-state index contributed by atoms with van der Waals surface area (Å²) in [4.78, 5) is 24.2. The highest BCUT2D eigenvalue weighted by Crippen LogP contribution is 2.48. The lowest BCUT2D eigenvalue weighted by atomic mass is 9.84. The Hall–Kier alpha value is -0.900. The van der Waals surface area contributed by atoms with Crippen LogP contribution in [0.2, 0.25) is 0 Å². The van der Waals surface area contributed by atoms with E-state index in [1.807, 2.05) is 0 Å². The van der Waals surface area contributed by atoms with E-state index in [0.29, 0.717) is 12.8 Å². The molecular formula is C52H102NO17P. The fraction of sp³-hybridized carbons (Fsp3) is 0.981. The van der Waals surface area contributed by atoms with Crippen LogP contribution in [-0.2, 0) is 27.9 Å². The van der Waals surface area contributed by atoms with Crippen molar-refractivity contribution in [2.75, 3.05) is 13.2 Å². The maximum Gasteiger partial charge on any atom is 0.472 e. The number of phosphoric ester groups is 1. The van der Waals surface area contributed by atoms with E-state index in [1.165, 1.54) is 135 Å². The van der Waals surface area contributed by atoms with Gasteiger partial charge < -0.3 is 70.7 Å². The summed E-state index contributed by atoms with van der Waals surface area (Å²) in [6.45, 7) is 2.80. The summed E-state index contributed by atoms with van der Waals surface area (Å²) in [5.41, 5.74) is 0. The van der Waals surface area contributed by atoms with E-state index in [-0.39, 0.29) is 12.8 Å². The first-order valence-electron chi connectivity index (χ1n) is 28.1. The van der Waals surface area contributed by atoms with Gasteiger partial charge in [0.15, 0.2) is 6.29 Å². The lowest BCUT2D eigenvalue weighted by Crippen LogP contribution is -2.67. The molecule has 1 aliphatic carbocycles. The van der Waals surface area contributed by atoms with E-state index in [1.54, 1.807) is 0 Å². The Morgan fingerprint density at radius 2 is 0.887 bits per heavy atom. The minimum absolute atomic E-state index is 0.167. The van der Waals surface area contributed by atoms with E-state index < -0.39 is 113 Å². The van der Waals surface area contributed by atoms with Crippen molar-refractivity contribution in [3.05, 3.63) is 0 Å². The number of carbonyl (C=O) groups is 1. The summed E-state index contributed by atoms with van der Waals surface area (Å²) in [6, 6.07) is -1.31. The maximum absolute atomic E-state index is 13.5. The molecule has 1 amide bonds. The zero-order valence-corrected chi connectivity index (χ0v) is 44.5. The number of ether oxygens (including phenoxy) is 2. The van der Waals surface area contributed by atoms with Crippen molar-refractivity contribution in [2.45, 2.75) is 311 Å². The number of carbonyl (C=O) groups excluding carboxylic acids is 1. The van der Waals surface area contributed by atoms with Gasteiger partial charge in [-0.05, 0) is 12.8 Å². The molecule has 12 N–H and O–H groups in total. The Labute approximate surface area is 426 Å². The minimum Gasteiger partial charge on any atom is -0.394 e. The number of rotatable bonds is 44. The van der Waals surface area contributed by atoms with Crippen LogP contribution in [0.1, 0.15) is 226 Å². The molecule has 1 heterocycles. The average molecular weight is 1040 g/mol. The lowest BCUT2D eigenvalue weighted by Gasteiger charge is -2.47. The van der Waals surface area contributed by atoms with Crippen molar-refractivity contribution in [3.8, 4) is 0 Å². The molecule has 2 aliphatic rings. The molecule has 71 heavy (non-hydrogen) atoms. The summed E-state index contributed by atoms with van der Waals surface area (Å²) in [5, 5.41) is 108. The largest absolute Gasteiger partial charge is 0.472 e. The summed E-state index contributed by atoms with van der Waals surface area (Å²) in [5.74, 6) is -0.806. The summed E-state index contributed by atoms with van der Waals surface area (Å²) >= 11 is 0. The molecule has 422 valence electrons. The highest BCUT2D eigenvalue weighted by Gasteiger charge is 2.55. The van der Waals surface area contributed by atoms with Gasteiger partial charge in [0.05, 0.1) is 25.4 Å². The van der Waals surface area contributed by atoms with Gasteiger partial charge in [0.25, 0.3) is 0 Å². The van der Waals surface area contributed by atoms with Gasteiger partial charge in [-0.25, -0.2) is 4.57 Å². The molecular weight excluding hydrogens is 942 g/mol. The third-order valence-electron chi connectivity index (χ3n) is 14.4. The van der Waals surface area contributed by atoms with Crippen LogP contribution in [0.3, 0.4) is 0 Å². The molecule has 0 aromatic rings. The van der Waals surface area contributed by atoms with Crippen molar-refractivity contribution in [1.82, 2.24) is 5.32 Å². The first-order chi connectivity index (χ1) is 34.1. The van der Waals surface area contributed by atoms with E-state index in [0.717, 1.165) is 51.4 Å². The van der Waals surface area contributed by atoms with Crippen molar-refractivity contribution in [1.29, 1.82) is 0 Å². The molecule has 2 rings (SSSR count). The second kappa shape index (κ2) is 39.5. The maximum atomic E-state index is 13.5. The van der Waals surface area contributed by atoms with Gasteiger partial charge in [-0.3, -0.25) is 13.8 Å². The molecule has 2 fully saturated rings. The monoisotopic (exact) mass is 1040 g/mol. The van der Waals surface area contributed by atoms with E-state index >= 15 is 0 Å². The van der Waals surface area contributed by atoms with Gasteiger partial charge in [0.2, 0.25) is 5.91 Å². The Bertz CT molecular complexity index is 1360. The van der Waals surface area contributed by atoms with Crippen LogP contribution in [-0.4, -0.2) is 161 Å². The highest BCUT2D eigenvalue weighted by atomic mass is 31.2. The van der Waals surface area contributed by atoms with E-state index in [4.69, 9.17) is 18.5 Å². The van der Waals surface area contributed by atoms with Crippen molar-refractivity contribution in [2.24, 2.45) is 0 Å². The van der Waals surface area contributed by atoms with Crippen molar-refractivity contribution < 1.29 is 83.8 Å². The van der Waals surface area contributed by atoms with E-state index in [2.05, 4.69) is 19.2 Å². The molecule has 15 atom stereocenters. The van der Waals surface area contributed by atoms with Crippen LogP contribution in [0.4, 0.5) is 0 Å². The van der Waals surface area contributed by atoms with Gasteiger partial charge in [-0.1, -0.05) is 213 Å². The molecule has 1 saturated carbocycles. The first-order valence-corrected chi connectivity index (χ1v) is 29.6. The molecule has 1 aliphatic heterocycles. The van der Waals surface area contributed by atoms with Gasteiger partial charge in [0, 0.05) is 0 Å². The number of nitrogens with one attached hydrogen (secondary N) is 1. The van der Waals surface area contributed by atoms with Gasteiger partial charge >= 0.3 is 7.82 Å². The summed E-state index contributed by atoms with van der Waals surface area (Å²) in [7, 11) is -5.39. The summed E-state index contributed by atoms with van der Waals surface area (Å²) in [6.07, 6.45) is 11.8. The van der Waals surface area contributed by atoms with Crippen LogP contribution >= 0.6 is 7.82 Å². The fourth-order valence-electron chi connectivity index (χ4n) is 9.63. The number of hydrogen-bond donors (Lipinski definition) is 12. The van der Waals surface area contributed by atoms with E-state index in [9.17, 15) is 65.3 Å². The van der Waals surface area contributed by atoms with Gasteiger partial charge in [-0.2, -0.15) is 0 Å². The molecule has 8 unspecified atom stereocenters. The highest BCUT2D eigenvalue weighted by molar-refractivity contribution is 7.47. The molecule has 0 aromatic heterocycles. The molecule has 19 heteroatoms. The Morgan fingerprint density at radius 3 is 1.30 bits per heavy atom.